The van der Waals surface area contributed by atoms with Crippen LogP contribution < -0.4 is 0 Å². The molecule has 0 aromatic carbocycles. The molecule has 0 amide bonds. The van der Waals surface area contributed by atoms with Gasteiger partial charge in [0.1, 0.15) is 0 Å². The van der Waals surface area contributed by atoms with Crippen LogP contribution >= 0.6 is 18.8 Å². The molecule has 2 aliphatic carbocycles. The fourth-order valence-electron chi connectivity index (χ4n) is 2.26. The van der Waals surface area contributed by atoms with Crippen LogP contribution in [0.25, 0.3) is 22.9 Å². The summed E-state index contributed by atoms with van der Waals surface area (Å²) < 4.78 is 0. The number of nitrogens with one attached hydrogen (secondary N) is 4. The predicted octanol–water partition coefficient (Wildman–Crippen LogP) is 4.81. The van der Waals surface area contributed by atoms with Crippen molar-refractivity contribution < 1.29 is 81.2 Å². The fourth-order valence-corrected chi connectivity index (χ4v) is 2.26. The van der Waals surface area contributed by atoms with E-state index in [4.69, 9.17) is 57.1 Å². The summed E-state index contributed by atoms with van der Waals surface area (Å²) >= 11 is -0.472. The van der Waals surface area contributed by atoms with E-state index in [0.29, 0.717) is 0 Å². The second kappa shape index (κ2) is 33.3. The van der Waals surface area contributed by atoms with E-state index in [1.54, 1.807) is 0 Å². The summed E-state index contributed by atoms with van der Waals surface area (Å²) in [4.78, 5) is 8.36. The topological polar surface area (TPSA) is 222 Å². The fraction of sp³-hybridized carbons (Fsp3) is 1.00. The van der Waals surface area contributed by atoms with Gasteiger partial charge in [-0.3, -0.25) is 0 Å². The van der Waals surface area contributed by atoms with Crippen molar-refractivity contribution in [1.82, 2.24) is 0 Å². The van der Waals surface area contributed by atoms with Crippen LogP contribution in [0.2, 0.25) is 0 Å². The maximum absolute atomic E-state index is 8.36. The summed E-state index contributed by atoms with van der Waals surface area (Å²) in [5.74, 6) is 0. The van der Waals surface area contributed by atoms with E-state index in [1.807, 2.05) is 0 Å². The maximum Gasteiger partial charge on any atom is 2.00 e. The first-order valence-electron chi connectivity index (χ1n) is 7.26. The third kappa shape index (κ3) is 35.1. The van der Waals surface area contributed by atoms with E-state index in [9.17, 15) is 0 Å². The molecule has 1 radical (unpaired) electrons. The van der Waals surface area contributed by atoms with Gasteiger partial charge in [0.05, 0.1) is 0 Å². The summed E-state index contributed by atoms with van der Waals surface area (Å²) in [5.41, 5.74) is 29.2. The smallest absolute Gasteiger partial charge is 0.676 e. The zero-order valence-electron chi connectivity index (χ0n) is 14.4. The van der Waals surface area contributed by atoms with Crippen LogP contribution in [0.15, 0.2) is 0 Å². The van der Waals surface area contributed by atoms with Gasteiger partial charge in [-0.1, -0.05) is 58.8 Å². The molecular formula is C13H33AgCl2N5O5Pt2. The van der Waals surface area contributed by atoms with Crippen LogP contribution in [-0.4, -0.2) is 45.4 Å². The average molecular weight is 908 g/mol. The largest absolute Gasteiger partial charge is 2.00 e. The van der Waals surface area contributed by atoms with E-state index in [2.05, 4.69) is 0 Å². The molecule has 15 heteroatoms. The third-order valence-electron chi connectivity index (χ3n) is 3.53. The van der Waals surface area contributed by atoms with Crippen LogP contribution in [-0.2, 0) is 59.9 Å². The normalized spacial score (nSPS) is 24.4. The standard InChI is InChI=1S/2C6H12N2.CH4.Ag.2ClH.HNO3.2H2O.2Pt/c2*7-5-3-1-2-4-6(5)8;;;;;2-1(3)4;;;;/h2*5-8H,1-4H2;1H4;;2*1H;(H,2,3,4);2*1H2;;/q2*-2;;;;;;;;+2;+4/p-2/t2*5-,6-;;;;;;;;;/m11........./s1. The van der Waals surface area contributed by atoms with Crippen molar-refractivity contribution in [1.29, 1.82) is 0 Å². The molecule has 2 rings (SSSR count). The zero-order valence-corrected chi connectivity index (χ0v) is 21.9. The molecule has 0 aliphatic heterocycles. The van der Waals surface area contributed by atoms with Crippen LogP contribution in [0.3, 0.4) is 0 Å². The van der Waals surface area contributed by atoms with Crippen LogP contribution in [0.4, 0.5) is 0 Å². The van der Waals surface area contributed by atoms with Crippen LogP contribution in [0.5, 0.6) is 0 Å². The first-order valence-corrected chi connectivity index (χ1v) is 12.9. The molecular weight excluding hydrogens is 875 g/mol. The average Bonchev–Trinajstić information content (AvgIpc) is 2.46. The van der Waals surface area contributed by atoms with Gasteiger partial charge in [-0.2, -0.15) is 24.2 Å². The molecule has 0 aromatic heterocycles. The molecule has 0 aromatic rings. The minimum Gasteiger partial charge on any atom is -0.676 e. The Kier molecular flexibility index (Phi) is 56.4. The second-order valence-electron chi connectivity index (χ2n) is 5.28. The number of rotatable bonds is 0. The van der Waals surface area contributed by atoms with E-state index in [0.717, 1.165) is 25.7 Å². The molecule has 2 saturated carbocycles. The summed E-state index contributed by atoms with van der Waals surface area (Å²) in [6.45, 7) is 0. The number of nitrogens with zero attached hydrogens (tertiary/aromatic N) is 1. The Morgan fingerprint density at radius 3 is 1.00 bits per heavy atom. The minimum atomic E-state index is -1.50. The first-order chi connectivity index (χ1) is 10.8. The summed E-state index contributed by atoms with van der Waals surface area (Å²) in [6.07, 6.45) is 8.49. The molecule has 185 valence electrons. The second-order valence-corrected chi connectivity index (χ2v) is 8.56. The van der Waals surface area contributed by atoms with Crippen molar-refractivity contribution in [2.24, 2.45) is 0 Å². The van der Waals surface area contributed by atoms with Gasteiger partial charge < -0.3 is 39.1 Å². The van der Waals surface area contributed by atoms with Crippen LogP contribution in [0, 0.1) is 10.1 Å². The van der Waals surface area contributed by atoms with Gasteiger partial charge in [-0.05, 0) is 0 Å². The quantitative estimate of drug-likeness (QED) is 0.206. The van der Waals surface area contributed by atoms with Gasteiger partial charge in [0.25, 0.3) is 5.09 Å². The van der Waals surface area contributed by atoms with Crippen LogP contribution in [0.1, 0.15) is 58.8 Å². The molecule has 10 nitrogen and oxygen atoms in total. The Morgan fingerprint density at radius 1 is 0.821 bits per heavy atom. The monoisotopic (exact) mass is 906 g/mol. The summed E-state index contributed by atoms with van der Waals surface area (Å²) in [6, 6.07) is -0.319. The molecule has 0 unspecified atom stereocenters. The minimum absolute atomic E-state index is 0. The van der Waals surface area contributed by atoms with Gasteiger partial charge >= 0.3 is 56.4 Å². The Hall–Kier alpha value is 1.66. The number of hydrogen-bond donors (Lipinski definition) is 1. The van der Waals surface area contributed by atoms with Gasteiger partial charge in [-0.25, -0.2) is 0 Å². The molecule has 0 heterocycles. The Balaban J connectivity index is -0.0000000422. The molecule has 4 atom stereocenters. The van der Waals surface area contributed by atoms with E-state index in [-0.39, 0.29) is 86.0 Å². The van der Waals surface area contributed by atoms with Crippen molar-refractivity contribution in [3.63, 3.8) is 0 Å². The number of hydrogen-bond acceptors (Lipinski definition) is 2. The van der Waals surface area contributed by atoms with E-state index >= 15 is 0 Å². The van der Waals surface area contributed by atoms with Gasteiger partial charge in [0.15, 0.2) is 0 Å². The molecule has 0 bridgehead atoms. The Morgan fingerprint density at radius 2 is 0.929 bits per heavy atom. The maximum atomic E-state index is 8.36. The molecule has 2 aliphatic rings. The van der Waals surface area contributed by atoms with E-state index in [1.165, 1.54) is 25.7 Å². The van der Waals surface area contributed by atoms with Crippen molar-refractivity contribution >= 4 is 18.8 Å². The first kappa shape index (κ1) is 47.4. The van der Waals surface area contributed by atoms with Gasteiger partial charge in [0.2, 0.25) is 0 Å². The molecule has 2 fully saturated rings. The zero-order chi connectivity index (χ0) is 18.3. The predicted molar refractivity (Wildman–Crippen MR) is 104 cm³/mol. The van der Waals surface area contributed by atoms with Gasteiger partial charge in [-0.15, -0.1) is 10.1 Å². The van der Waals surface area contributed by atoms with Gasteiger partial charge in [0, 0.05) is 22.4 Å². The summed E-state index contributed by atoms with van der Waals surface area (Å²) in [5, 5.41) is 13.6. The van der Waals surface area contributed by atoms with E-state index < -0.39 is 21.6 Å². The van der Waals surface area contributed by atoms with Crippen molar-refractivity contribution in [2.45, 2.75) is 83.0 Å². The summed E-state index contributed by atoms with van der Waals surface area (Å²) in [7, 11) is 9.75. The molecule has 0 saturated heterocycles. The molecule has 0 spiro atoms. The third-order valence-corrected chi connectivity index (χ3v) is 3.53. The van der Waals surface area contributed by atoms with Crippen molar-refractivity contribution in [3.8, 4) is 0 Å². The Bertz CT molecular complexity index is 268. The number of halogens is 2. The molecule has 28 heavy (non-hydrogen) atoms. The Labute approximate surface area is 214 Å². The molecule has 9 N–H and O–H groups in total. The SMILES string of the molecule is C.O.O.O=[N+]([O-])O.[Ag].[Cl][Pt+2][Cl].[NH-][C@@H]1CCCC[C@H]1[NH-].[NH-][C@@H]1CCCC[C@H]1[NH-].[Pt+2]. The van der Waals surface area contributed by atoms with Crippen molar-refractivity contribution in [2.75, 3.05) is 0 Å². The van der Waals surface area contributed by atoms with Crippen molar-refractivity contribution in [3.05, 3.63) is 33.0 Å².